The summed E-state index contributed by atoms with van der Waals surface area (Å²) in [5.74, 6) is -0.834. The number of hydrogen-bond donors (Lipinski definition) is 1. The van der Waals surface area contributed by atoms with Crippen molar-refractivity contribution in [3.8, 4) is 0 Å². The van der Waals surface area contributed by atoms with Crippen molar-refractivity contribution >= 4 is 21.6 Å². The normalized spacial score (nSPS) is 24.2. The zero-order valence-electron chi connectivity index (χ0n) is 12.0. The second-order valence-corrected chi connectivity index (χ2v) is 7.72. The number of benzene rings is 1. The molecule has 7 heteroatoms. The van der Waals surface area contributed by atoms with Crippen molar-refractivity contribution in [1.82, 2.24) is 4.31 Å². The lowest BCUT2D eigenvalue weighted by atomic mass is 10.0. The maximum absolute atomic E-state index is 13.8. The summed E-state index contributed by atoms with van der Waals surface area (Å²) < 4.78 is 40.8. The van der Waals surface area contributed by atoms with E-state index in [1.807, 2.05) is 13.8 Å². The van der Waals surface area contributed by atoms with E-state index in [1.54, 1.807) is 0 Å². The molecule has 118 valence electrons. The summed E-state index contributed by atoms with van der Waals surface area (Å²) in [7, 11) is -3.81. The van der Waals surface area contributed by atoms with Crippen molar-refractivity contribution < 1.29 is 17.9 Å². The third-order valence-corrected chi connectivity index (χ3v) is 6.47. The third kappa shape index (κ3) is 3.08. The van der Waals surface area contributed by atoms with Crippen LogP contribution in [0.5, 0.6) is 0 Å². The lowest BCUT2D eigenvalue weighted by Gasteiger charge is -2.37. The Hall–Kier alpha value is -0.690. The minimum atomic E-state index is -3.81. The van der Waals surface area contributed by atoms with Gasteiger partial charge in [-0.25, -0.2) is 12.8 Å². The first kappa shape index (κ1) is 16.7. The first-order chi connectivity index (χ1) is 9.78. The van der Waals surface area contributed by atoms with Gasteiger partial charge >= 0.3 is 0 Å². The predicted molar refractivity (Wildman–Crippen MR) is 79.1 cm³/mol. The van der Waals surface area contributed by atoms with E-state index >= 15 is 0 Å². The van der Waals surface area contributed by atoms with Crippen LogP contribution in [0.1, 0.15) is 38.7 Å². The van der Waals surface area contributed by atoms with Crippen LogP contribution in [0.25, 0.3) is 0 Å². The number of sulfonamides is 1. The molecule has 1 heterocycles. The Morgan fingerprint density at radius 2 is 1.90 bits per heavy atom. The van der Waals surface area contributed by atoms with Crippen LogP contribution in [-0.4, -0.2) is 29.9 Å². The van der Waals surface area contributed by atoms with Gasteiger partial charge in [-0.15, -0.1) is 0 Å². The highest BCUT2D eigenvalue weighted by atomic mass is 35.5. The van der Waals surface area contributed by atoms with Gasteiger partial charge in [0.05, 0.1) is 16.5 Å². The number of piperidine rings is 1. The predicted octanol–water partition coefficient (Wildman–Crippen LogP) is 2.92. The molecule has 0 amide bonds. The van der Waals surface area contributed by atoms with E-state index in [4.69, 9.17) is 11.6 Å². The van der Waals surface area contributed by atoms with E-state index < -0.39 is 22.4 Å². The number of nitrogens with zero attached hydrogens (tertiary/aromatic N) is 1. The van der Waals surface area contributed by atoms with Crippen LogP contribution in [0, 0.1) is 5.82 Å². The van der Waals surface area contributed by atoms with Gasteiger partial charge in [0.2, 0.25) is 10.0 Å². The van der Waals surface area contributed by atoms with Crippen molar-refractivity contribution in [2.75, 3.05) is 0 Å². The average Bonchev–Trinajstić information content (AvgIpc) is 2.41. The molecule has 1 fully saturated rings. The third-order valence-electron chi connectivity index (χ3n) is 3.94. The molecule has 2 rings (SSSR count). The maximum atomic E-state index is 13.8. The van der Waals surface area contributed by atoms with Crippen molar-refractivity contribution in [2.45, 2.75) is 56.7 Å². The molecule has 1 N–H and O–H groups in total. The van der Waals surface area contributed by atoms with Gasteiger partial charge in [0.15, 0.2) is 0 Å². The Morgan fingerprint density at radius 3 is 2.43 bits per heavy atom. The zero-order chi connectivity index (χ0) is 15.8. The molecule has 0 radical (unpaired) electrons. The Bertz CT molecular complexity index is 625. The molecule has 4 nitrogen and oxygen atoms in total. The van der Waals surface area contributed by atoms with E-state index in [9.17, 15) is 17.9 Å². The van der Waals surface area contributed by atoms with Gasteiger partial charge in [-0.3, -0.25) is 0 Å². The average molecular weight is 336 g/mol. The van der Waals surface area contributed by atoms with Crippen molar-refractivity contribution in [3.05, 3.63) is 28.5 Å². The Kier molecular flexibility index (Phi) is 4.92. The standard InChI is InChI=1S/C14H19ClFNO3S/c1-9-4-3-5-10(2)17(9)21(19,20)12-6-11(8-18)14(15)13(16)7-12/h6-7,9-10,18H,3-5,8H2,1-2H3. The van der Waals surface area contributed by atoms with E-state index in [-0.39, 0.29) is 27.6 Å². The molecule has 21 heavy (non-hydrogen) atoms. The highest BCUT2D eigenvalue weighted by Crippen LogP contribution is 2.32. The quantitative estimate of drug-likeness (QED) is 0.924. The summed E-state index contributed by atoms with van der Waals surface area (Å²) in [4.78, 5) is -0.158. The Morgan fingerprint density at radius 1 is 1.33 bits per heavy atom. The fraction of sp³-hybridized carbons (Fsp3) is 0.571. The lowest BCUT2D eigenvalue weighted by molar-refractivity contribution is 0.204. The lowest BCUT2D eigenvalue weighted by Crippen LogP contribution is -2.47. The van der Waals surface area contributed by atoms with Crippen LogP contribution in [0.15, 0.2) is 17.0 Å². The molecular weight excluding hydrogens is 317 g/mol. The fourth-order valence-corrected chi connectivity index (χ4v) is 4.99. The molecule has 1 aromatic rings. The van der Waals surface area contributed by atoms with Crippen LogP contribution in [0.3, 0.4) is 0 Å². The second kappa shape index (κ2) is 6.20. The van der Waals surface area contributed by atoms with Crippen molar-refractivity contribution in [1.29, 1.82) is 0 Å². The number of halogens is 2. The molecular formula is C14H19ClFNO3S. The molecule has 0 spiro atoms. The van der Waals surface area contributed by atoms with Gasteiger partial charge in [0, 0.05) is 17.6 Å². The van der Waals surface area contributed by atoms with E-state index in [0.29, 0.717) is 0 Å². The molecule has 0 aromatic heterocycles. The van der Waals surface area contributed by atoms with E-state index in [1.165, 1.54) is 10.4 Å². The Labute approximate surface area is 129 Å². The second-order valence-electron chi connectivity index (χ2n) is 5.50. The Balaban J connectivity index is 2.51. The van der Waals surface area contributed by atoms with Gasteiger partial charge in [-0.05, 0) is 38.8 Å². The monoisotopic (exact) mass is 335 g/mol. The largest absolute Gasteiger partial charge is 0.392 e. The minimum Gasteiger partial charge on any atom is -0.392 e. The van der Waals surface area contributed by atoms with Gasteiger partial charge in [-0.1, -0.05) is 18.0 Å². The minimum absolute atomic E-state index is 0.0764. The highest BCUT2D eigenvalue weighted by Gasteiger charge is 2.36. The SMILES string of the molecule is CC1CCCC(C)N1S(=O)(=O)c1cc(F)c(Cl)c(CO)c1. The van der Waals surface area contributed by atoms with E-state index in [0.717, 1.165) is 25.3 Å². The molecule has 1 aliphatic heterocycles. The summed E-state index contributed by atoms with van der Waals surface area (Å²) in [6, 6.07) is 1.91. The summed E-state index contributed by atoms with van der Waals surface area (Å²) in [5.41, 5.74) is 0.0764. The maximum Gasteiger partial charge on any atom is 0.243 e. The van der Waals surface area contributed by atoms with Crippen LogP contribution in [-0.2, 0) is 16.6 Å². The zero-order valence-corrected chi connectivity index (χ0v) is 13.6. The van der Waals surface area contributed by atoms with Gasteiger partial charge in [0.1, 0.15) is 5.82 Å². The molecule has 0 bridgehead atoms. The number of aliphatic hydroxyl groups is 1. The highest BCUT2D eigenvalue weighted by molar-refractivity contribution is 7.89. The first-order valence-electron chi connectivity index (χ1n) is 6.91. The molecule has 2 atom stereocenters. The molecule has 1 aliphatic rings. The van der Waals surface area contributed by atoms with Gasteiger partial charge < -0.3 is 5.11 Å². The van der Waals surface area contributed by atoms with Crippen molar-refractivity contribution in [2.24, 2.45) is 0 Å². The molecule has 1 saturated heterocycles. The fourth-order valence-electron chi connectivity index (χ4n) is 2.88. The smallest absolute Gasteiger partial charge is 0.243 e. The van der Waals surface area contributed by atoms with Crippen LogP contribution < -0.4 is 0 Å². The number of aliphatic hydroxyl groups excluding tert-OH is 1. The molecule has 0 aliphatic carbocycles. The van der Waals surface area contributed by atoms with Crippen molar-refractivity contribution in [3.63, 3.8) is 0 Å². The summed E-state index contributed by atoms with van der Waals surface area (Å²) >= 11 is 5.72. The van der Waals surface area contributed by atoms with Gasteiger partial charge in [-0.2, -0.15) is 4.31 Å². The summed E-state index contributed by atoms with van der Waals surface area (Å²) in [5, 5.41) is 8.95. The molecule has 1 aromatic carbocycles. The first-order valence-corrected chi connectivity index (χ1v) is 8.73. The van der Waals surface area contributed by atoms with Crippen LogP contribution in [0.4, 0.5) is 4.39 Å². The van der Waals surface area contributed by atoms with Crippen LogP contribution >= 0.6 is 11.6 Å². The molecule has 2 unspecified atom stereocenters. The number of hydrogen-bond acceptors (Lipinski definition) is 3. The molecule has 0 saturated carbocycles. The summed E-state index contributed by atoms with van der Waals surface area (Å²) in [6.45, 7) is 3.20. The summed E-state index contributed by atoms with van der Waals surface area (Å²) in [6.07, 6.45) is 2.55. The van der Waals surface area contributed by atoms with E-state index in [2.05, 4.69) is 0 Å². The van der Waals surface area contributed by atoms with Gasteiger partial charge in [0.25, 0.3) is 0 Å². The number of rotatable bonds is 3. The van der Waals surface area contributed by atoms with Crippen LogP contribution in [0.2, 0.25) is 5.02 Å². The topological polar surface area (TPSA) is 57.6 Å².